The Hall–Kier alpha value is -0.630. The quantitative estimate of drug-likeness (QED) is 0.422. The zero-order valence-electron chi connectivity index (χ0n) is 6.55. The first-order valence-corrected chi connectivity index (χ1v) is 4.55. The number of hydrogen-bond donors (Lipinski definition) is 0. The molecule has 3 aliphatic carbocycles. The van der Waals surface area contributed by atoms with Crippen LogP contribution in [0.2, 0.25) is 0 Å². The van der Waals surface area contributed by atoms with Crippen molar-refractivity contribution in [3.8, 4) is 0 Å². The van der Waals surface area contributed by atoms with Crippen molar-refractivity contribution >= 4 is 23.2 Å². The first-order chi connectivity index (χ1) is 5.70. The van der Waals surface area contributed by atoms with Crippen LogP contribution in [-0.2, 0) is 9.59 Å². The highest BCUT2D eigenvalue weighted by Gasteiger charge is 2.37. The molecule has 0 radical (unpaired) electrons. The minimum atomic E-state index is -0.897. The molecule has 2 unspecified atom stereocenters. The fraction of sp³-hybridized carbons (Fsp3) is 0.556. The second kappa shape index (κ2) is 2.70. The topological polar surface area (TPSA) is 34.1 Å². The van der Waals surface area contributed by atoms with Crippen LogP contribution < -0.4 is 0 Å². The number of alkyl halides is 1. The average molecular weight is 185 g/mol. The van der Waals surface area contributed by atoms with E-state index in [1.807, 2.05) is 6.08 Å². The molecule has 1 fully saturated rings. The molecule has 0 aromatic rings. The third-order valence-corrected chi connectivity index (χ3v) is 3.02. The highest BCUT2D eigenvalue weighted by atomic mass is 35.5. The van der Waals surface area contributed by atoms with Gasteiger partial charge in [-0.2, -0.15) is 0 Å². The van der Waals surface area contributed by atoms with Gasteiger partial charge >= 0.3 is 0 Å². The van der Waals surface area contributed by atoms with Gasteiger partial charge in [0.05, 0.1) is 0 Å². The molecule has 0 aromatic carbocycles. The maximum absolute atomic E-state index is 11.4. The Labute approximate surface area is 75.6 Å². The molecule has 0 heterocycles. The van der Waals surface area contributed by atoms with Crippen molar-refractivity contribution in [2.75, 3.05) is 0 Å². The first kappa shape index (κ1) is 7.99. The van der Waals surface area contributed by atoms with Crippen molar-refractivity contribution in [3.63, 3.8) is 0 Å². The van der Waals surface area contributed by atoms with E-state index in [1.165, 1.54) is 0 Å². The number of fused-ring (bicyclic) bond motifs is 4. The minimum absolute atomic E-state index is 0.00250. The third-order valence-electron chi connectivity index (χ3n) is 2.61. The summed E-state index contributed by atoms with van der Waals surface area (Å²) in [7, 11) is 0. The number of carbonyl (C=O) groups excluding carboxylic acids is 2. The number of allylic oxidation sites excluding steroid dienone is 2. The van der Waals surface area contributed by atoms with Crippen LogP contribution in [0, 0.1) is 5.92 Å². The van der Waals surface area contributed by atoms with Crippen molar-refractivity contribution in [1.29, 1.82) is 0 Å². The predicted octanol–water partition coefficient (Wildman–Crippen LogP) is 1.47. The lowest BCUT2D eigenvalue weighted by Gasteiger charge is -2.13. The van der Waals surface area contributed by atoms with Crippen LogP contribution in [0.4, 0.5) is 0 Å². The van der Waals surface area contributed by atoms with Crippen LogP contribution >= 0.6 is 11.6 Å². The van der Waals surface area contributed by atoms with Gasteiger partial charge in [0.2, 0.25) is 0 Å². The fourth-order valence-electron chi connectivity index (χ4n) is 1.82. The van der Waals surface area contributed by atoms with Crippen LogP contribution in [0.3, 0.4) is 0 Å². The van der Waals surface area contributed by atoms with Crippen molar-refractivity contribution in [2.45, 2.75) is 24.6 Å². The van der Waals surface area contributed by atoms with Crippen LogP contribution in [0.15, 0.2) is 11.6 Å². The highest BCUT2D eigenvalue weighted by molar-refractivity contribution is 6.45. The summed E-state index contributed by atoms with van der Waals surface area (Å²) in [4.78, 5) is 22.8. The smallest absolute Gasteiger partial charge is 0.183 e. The number of Topliss-reactive ketones (excluding diaryl/α,β-unsaturated/α-hetero) is 2. The summed E-state index contributed by atoms with van der Waals surface area (Å²) in [5, 5.41) is -0.897. The average Bonchev–Trinajstić information content (AvgIpc) is 2.27. The lowest BCUT2D eigenvalue weighted by Crippen LogP contribution is -2.26. The standard InChI is InChI=1S/C9H9ClO2/c10-7-8(11)5-1-2-6(4-3-5)9(7)12/h1,6-7H,2-4H2. The van der Waals surface area contributed by atoms with Crippen molar-refractivity contribution < 1.29 is 9.59 Å². The van der Waals surface area contributed by atoms with Gasteiger partial charge in [-0.15, -0.1) is 11.6 Å². The Kier molecular flexibility index (Phi) is 1.80. The summed E-state index contributed by atoms with van der Waals surface area (Å²) in [6.45, 7) is 0. The zero-order chi connectivity index (χ0) is 8.72. The zero-order valence-corrected chi connectivity index (χ0v) is 7.30. The highest BCUT2D eigenvalue weighted by Crippen LogP contribution is 2.32. The van der Waals surface area contributed by atoms with E-state index in [9.17, 15) is 9.59 Å². The SMILES string of the molecule is O=C1C2=CCC(CC2)C(=O)C1Cl. The van der Waals surface area contributed by atoms with Gasteiger partial charge in [-0.1, -0.05) is 6.08 Å². The van der Waals surface area contributed by atoms with Gasteiger partial charge in [-0.05, 0) is 24.8 Å². The van der Waals surface area contributed by atoms with E-state index in [-0.39, 0.29) is 17.5 Å². The summed E-state index contributed by atoms with van der Waals surface area (Å²) in [5.74, 6) is -0.241. The molecule has 0 aliphatic heterocycles. The number of carbonyl (C=O) groups is 2. The second-order valence-corrected chi connectivity index (χ2v) is 3.77. The summed E-state index contributed by atoms with van der Waals surface area (Å²) >= 11 is 5.71. The van der Waals surface area contributed by atoms with Crippen LogP contribution in [0.5, 0.6) is 0 Å². The molecule has 12 heavy (non-hydrogen) atoms. The third kappa shape index (κ3) is 1.02. The molecule has 0 N–H and O–H groups in total. The Bertz CT molecular complexity index is 280. The van der Waals surface area contributed by atoms with Gasteiger partial charge in [0.1, 0.15) is 0 Å². The lowest BCUT2D eigenvalue weighted by molar-refractivity contribution is -0.126. The maximum atomic E-state index is 11.4. The van der Waals surface area contributed by atoms with Gasteiger partial charge in [-0.25, -0.2) is 0 Å². The van der Waals surface area contributed by atoms with Gasteiger partial charge in [0.15, 0.2) is 16.9 Å². The Balaban J connectivity index is 2.41. The Morgan fingerprint density at radius 1 is 1.42 bits per heavy atom. The van der Waals surface area contributed by atoms with E-state index in [1.54, 1.807) is 0 Å². The molecule has 2 atom stereocenters. The molecule has 0 saturated heterocycles. The van der Waals surface area contributed by atoms with Gasteiger partial charge in [0, 0.05) is 5.92 Å². The number of hydrogen-bond acceptors (Lipinski definition) is 2. The van der Waals surface area contributed by atoms with E-state index < -0.39 is 5.38 Å². The number of halogens is 1. The monoisotopic (exact) mass is 184 g/mol. The largest absolute Gasteiger partial charge is 0.297 e. The normalized spacial score (nSPS) is 34.9. The summed E-state index contributed by atoms with van der Waals surface area (Å²) in [6.07, 6.45) is 4.12. The van der Waals surface area contributed by atoms with E-state index >= 15 is 0 Å². The molecule has 0 aromatic heterocycles. The number of ketones is 2. The summed E-state index contributed by atoms with van der Waals surface area (Å²) in [6, 6.07) is 0. The molecule has 3 heteroatoms. The molecule has 2 nitrogen and oxygen atoms in total. The first-order valence-electron chi connectivity index (χ1n) is 4.11. The van der Waals surface area contributed by atoms with Crippen LogP contribution in [0.1, 0.15) is 19.3 Å². The maximum Gasteiger partial charge on any atom is 0.183 e. The fourth-order valence-corrected chi connectivity index (χ4v) is 2.13. The van der Waals surface area contributed by atoms with E-state index in [2.05, 4.69) is 0 Å². The minimum Gasteiger partial charge on any atom is -0.297 e. The molecule has 3 aliphatic rings. The summed E-state index contributed by atoms with van der Waals surface area (Å²) in [5.41, 5.74) is 0.761. The number of rotatable bonds is 0. The lowest BCUT2D eigenvalue weighted by atomic mass is 9.91. The van der Waals surface area contributed by atoms with Gasteiger partial charge in [-0.3, -0.25) is 9.59 Å². The molecule has 2 bridgehead atoms. The van der Waals surface area contributed by atoms with Gasteiger partial charge < -0.3 is 0 Å². The van der Waals surface area contributed by atoms with Crippen LogP contribution in [-0.4, -0.2) is 16.9 Å². The van der Waals surface area contributed by atoms with Gasteiger partial charge in [0.25, 0.3) is 0 Å². The van der Waals surface area contributed by atoms with E-state index in [0.717, 1.165) is 18.4 Å². The summed E-state index contributed by atoms with van der Waals surface area (Å²) < 4.78 is 0. The molecule has 0 spiro atoms. The molecular formula is C9H9ClO2. The molecule has 0 amide bonds. The molecule has 64 valence electrons. The van der Waals surface area contributed by atoms with Crippen LogP contribution in [0.25, 0.3) is 0 Å². The Morgan fingerprint density at radius 3 is 2.75 bits per heavy atom. The van der Waals surface area contributed by atoms with E-state index in [4.69, 9.17) is 11.6 Å². The Morgan fingerprint density at radius 2 is 2.17 bits per heavy atom. The second-order valence-electron chi connectivity index (χ2n) is 3.33. The van der Waals surface area contributed by atoms with E-state index in [0.29, 0.717) is 6.42 Å². The van der Waals surface area contributed by atoms with Crippen molar-refractivity contribution in [1.82, 2.24) is 0 Å². The molecule has 1 saturated carbocycles. The van der Waals surface area contributed by atoms with Crippen molar-refractivity contribution in [2.24, 2.45) is 5.92 Å². The molecule has 3 rings (SSSR count). The predicted molar refractivity (Wildman–Crippen MR) is 45.1 cm³/mol. The van der Waals surface area contributed by atoms with Crippen molar-refractivity contribution in [3.05, 3.63) is 11.6 Å². The molecular weight excluding hydrogens is 176 g/mol.